The van der Waals surface area contributed by atoms with Crippen LogP contribution in [0.4, 0.5) is 5.69 Å². The van der Waals surface area contributed by atoms with Crippen molar-refractivity contribution >= 4 is 52.7 Å². The zero-order valence-corrected chi connectivity index (χ0v) is 19.6. The van der Waals surface area contributed by atoms with Gasteiger partial charge >= 0.3 is 5.97 Å². The summed E-state index contributed by atoms with van der Waals surface area (Å²) in [6, 6.07) is 13.6. The van der Waals surface area contributed by atoms with E-state index in [0.717, 1.165) is 17.3 Å². The highest BCUT2D eigenvalue weighted by atomic mass is 35.5. The molecular weight excluding hydrogens is 452 g/mol. The SMILES string of the molecule is CC(C)(C)c1ccc(C(=O)NC(=O)COC(=O)CSCC(=O)Nc2ccc(Cl)cc2)cc1. The molecule has 2 rings (SSSR count). The van der Waals surface area contributed by atoms with Crippen molar-refractivity contribution in [2.45, 2.75) is 26.2 Å². The number of benzene rings is 2. The molecule has 0 heterocycles. The fourth-order valence-electron chi connectivity index (χ4n) is 2.50. The van der Waals surface area contributed by atoms with Gasteiger partial charge in [-0.15, -0.1) is 11.8 Å². The van der Waals surface area contributed by atoms with E-state index in [1.165, 1.54) is 0 Å². The predicted molar refractivity (Wildman–Crippen MR) is 126 cm³/mol. The smallest absolute Gasteiger partial charge is 0.316 e. The van der Waals surface area contributed by atoms with Gasteiger partial charge in [0.25, 0.3) is 11.8 Å². The highest BCUT2D eigenvalue weighted by Crippen LogP contribution is 2.22. The van der Waals surface area contributed by atoms with E-state index in [2.05, 4.69) is 31.4 Å². The highest BCUT2D eigenvalue weighted by molar-refractivity contribution is 8.00. The zero-order chi connectivity index (χ0) is 23.7. The molecule has 3 amide bonds. The first-order valence-electron chi connectivity index (χ1n) is 9.78. The van der Waals surface area contributed by atoms with E-state index >= 15 is 0 Å². The van der Waals surface area contributed by atoms with Gasteiger partial charge in [0, 0.05) is 16.3 Å². The van der Waals surface area contributed by atoms with Crippen LogP contribution < -0.4 is 10.6 Å². The maximum Gasteiger partial charge on any atom is 0.316 e. The molecule has 2 aromatic carbocycles. The van der Waals surface area contributed by atoms with Crippen molar-refractivity contribution in [1.82, 2.24) is 5.32 Å². The fraction of sp³-hybridized carbons (Fsp3) is 0.304. The minimum absolute atomic E-state index is 0.0347. The van der Waals surface area contributed by atoms with E-state index in [-0.39, 0.29) is 22.8 Å². The van der Waals surface area contributed by atoms with E-state index in [0.29, 0.717) is 16.3 Å². The molecular formula is C23H25ClN2O5S. The van der Waals surface area contributed by atoms with Gasteiger partial charge in [-0.3, -0.25) is 24.5 Å². The van der Waals surface area contributed by atoms with Gasteiger partial charge in [-0.2, -0.15) is 0 Å². The first kappa shape index (κ1) is 25.4. The van der Waals surface area contributed by atoms with Gasteiger partial charge < -0.3 is 10.1 Å². The maximum absolute atomic E-state index is 12.1. The van der Waals surface area contributed by atoms with Crippen molar-refractivity contribution < 1.29 is 23.9 Å². The largest absolute Gasteiger partial charge is 0.455 e. The van der Waals surface area contributed by atoms with Gasteiger partial charge in [-0.05, 0) is 47.4 Å². The van der Waals surface area contributed by atoms with Crippen LogP contribution >= 0.6 is 23.4 Å². The van der Waals surface area contributed by atoms with Gasteiger partial charge in [0.1, 0.15) is 0 Å². The van der Waals surface area contributed by atoms with Crippen molar-refractivity contribution in [2.24, 2.45) is 0 Å². The molecule has 9 heteroatoms. The van der Waals surface area contributed by atoms with Crippen LogP contribution in [-0.2, 0) is 24.5 Å². The summed E-state index contributed by atoms with van der Waals surface area (Å²) in [5.74, 6) is -2.32. The molecule has 0 unspecified atom stereocenters. The van der Waals surface area contributed by atoms with Crippen LogP contribution in [0.3, 0.4) is 0 Å². The minimum atomic E-state index is -0.728. The molecule has 0 aliphatic rings. The van der Waals surface area contributed by atoms with E-state index in [1.807, 2.05) is 12.1 Å². The second kappa shape index (κ2) is 11.7. The molecule has 2 N–H and O–H groups in total. The van der Waals surface area contributed by atoms with Crippen LogP contribution in [-0.4, -0.2) is 41.8 Å². The lowest BCUT2D eigenvalue weighted by atomic mass is 9.87. The number of anilines is 1. The minimum Gasteiger partial charge on any atom is -0.455 e. The summed E-state index contributed by atoms with van der Waals surface area (Å²) in [6.07, 6.45) is 0. The van der Waals surface area contributed by atoms with Crippen LogP contribution in [0.5, 0.6) is 0 Å². The molecule has 0 aliphatic carbocycles. The fourth-order valence-corrected chi connectivity index (χ4v) is 3.24. The Morgan fingerprint density at radius 2 is 1.53 bits per heavy atom. The molecule has 7 nitrogen and oxygen atoms in total. The number of hydrogen-bond acceptors (Lipinski definition) is 6. The van der Waals surface area contributed by atoms with Gasteiger partial charge in [0.15, 0.2) is 6.61 Å². The Morgan fingerprint density at radius 3 is 2.12 bits per heavy atom. The summed E-state index contributed by atoms with van der Waals surface area (Å²) >= 11 is 6.83. The van der Waals surface area contributed by atoms with Crippen molar-refractivity contribution in [3.63, 3.8) is 0 Å². The lowest BCUT2D eigenvalue weighted by Gasteiger charge is -2.18. The topological polar surface area (TPSA) is 102 Å². The Balaban J connectivity index is 1.66. The number of imide groups is 1. The number of carbonyl (C=O) groups is 4. The van der Waals surface area contributed by atoms with Gasteiger partial charge in [-0.1, -0.05) is 44.5 Å². The zero-order valence-electron chi connectivity index (χ0n) is 18.1. The van der Waals surface area contributed by atoms with Crippen LogP contribution in [0.15, 0.2) is 48.5 Å². The van der Waals surface area contributed by atoms with Crippen molar-refractivity contribution in [1.29, 1.82) is 0 Å². The Bertz CT molecular complexity index is 969. The number of thioether (sulfide) groups is 1. The Kier molecular flexibility index (Phi) is 9.28. The van der Waals surface area contributed by atoms with Crippen molar-refractivity contribution in [3.05, 3.63) is 64.7 Å². The number of nitrogens with one attached hydrogen (secondary N) is 2. The Hall–Kier alpha value is -2.84. The molecule has 0 aromatic heterocycles. The third-order valence-corrected chi connectivity index (χ3v) is 5.37. The summed E-state index contributed by atoms with van der Waals surface area (Å²) in [4.78, 5) is 47.6. The monoisotopic (exact) mass is 476 g/mol. The molecule has 170 valence electrons. The molecule has 32 heavy (non-hydrogen) atoms. The summed E-state index contributed by atoms with van der Waals surface area (Å²) in [7, 11) is 0. The maximum atomic E-state index is 12.1. The molecule has 2 aromatic rings. The Morgan fingerprint density at radius 1 is 0.906 bits per heavy atom. The molecule has 0 saturated heterocycles. The summed E-state index contributed by atoms with van der Waals surface area (Å²) in [5.41, 5.74) is 1.94. The van der Waals surface area contributed by atoms with Gasteiger partial charge in [0.05, 0.1) is 11.5 Å². The molecule has 0 radical (unpaired) electrons. The number of amides is 3. The first-order valence-corrected chi connectivity index (χ1v) is 11.3. The van der Waals surface area contributed by atoms with E-state index in [9.17, 15) is 19.2 Å². The number of ether oxygens (including phenoxy) is 1. The normalized spacial score (nSPS) is 10.9. The lowest BCUT2D eigenvalue weighted by Crippen LogP contribution is -2.34. The molecule has 0 bridgehead atoms. The summed E-state index contributed by atoms with van der Waals surface area (Å²) in [6.45, 7) is 5.60. The number of esters is 1. The van der Waals surface area contributed by atoms with Gasteiger partial charge in [0.2, 0.25) is 5.91 Å². The molecule has 0 fully saturated rings. The van der Waals surface area contributed by atoms with E-state index in [4.69, 9.17) is 16.3 Å². The van der Waals surface area contributed by atoms with Gasteiger partial charge in [-0.25, -0.2) is 0 Å². The second-order valence-electron chi connectivity index (χ2n) is 7.91. The quantitative estimate of drug-likeness (QED) is 0.562. The summed E-state index contributed by atoms with van der Waals surface area (Å²) < 4.78 is 4.85. The second-order valence-corrected chi connectivity index (χ2v) is 9.34. The molecule has 0 saturated carbocycles. The molecule has 0 aliphatic heterocycles. The number of rotatable bonds is 8. The van der Waals surface area contributed by atoms with E-state index in [1.54, 1.807) is 36.4 Å². The predicted octanol–water partition coefficient (Wildman–Crippen LogP) is 3.81. The third kappa shape index (κ3) is 8.72. The standard InChI is InChI=1S/C23H25ClN2O5S/c1-23(2,3)16-6-4-15(5-7-16)22(30)26-19(27)12-31-21(29)14-32-13-20(28)25-18-10-8-17(24)9-11-18/h4-11H,12-14H2,1-3H3,(H,25,28)(H,26,27,30). The number of carbonyl (C=O) groups excluding carboxylic acids is 4. The van der Waals surface area contributed by atoms with Crippen molar-refractivity contribution in [3.8, 4) is 0 Å². The van der Waals surface area contributed by atoms with E-state index < -0.39 is 24.4 Å². The van der Waals surface area contributed by atoms with Crippen molar-refractivity contribution in [2.75, 3.05) is 23.4 Å². The highest BCUT2D eigenvalue weighted by Gasteiger charge is 2.16. The average molecular weight is 477 g/mol. The third-order valence-electron chi connectivity index (χ3n) is 4.21. The Labute approximate surface area is 196 Å². The molecule has 0 spiro atoms. The van der Waals surface area contributed by atoms with Crippen LogP contribution in [0.25, 0.3) is 0 Å². The molecule has 0 atom stereocenters. The van der Waals surface area contributed by atoms with Crippen LogP contribution in [0.1, 0.15) is 36.7 Å². The van der Waals surface area contributed by atoms with Crippen LogP contribution in [0, 0.1) is 0 Å². The summed E-state index contributed by atoms with van der Waals surface area (Å²) in [5, 5.41) is 5.41. The number of halogens is 1. The average Bonchev–Trinajstić information content (AvgIpc) is 2.73. The van der Waals surface area contributed by atoms with Crippen LogP contribution in [0.2, 0.25) is 5.02 Å². The lowest BCUT2D eigenvalue weighted by molar-refractivity contribution is -0.145. The number of hydrogen-bond donors (Lipinski definition) is 2. The first-order chi connectivity index (χ1) is 15.0.